The van der Waals surface area contributed by atoms with Crippen molar-refractivity contribution in [3.63, 3.8) is 0 Å². The first kappa shape index (κ1) is 13.3. The molecule has 18 heavy (non-hydrogen) atoms. The van der Waals surface area contributed by atoms with Crippen molar-refractivity contribution in [2.75, 3.05) is 39.8 Å². The molecule has 102 valence electrons. The van der Waals surface area contributed by atoms with Crippen molar-refractivity contribution in [2.24, 2.45) is 0 Å². The lowest BCUT2D eigenvalue weighted by Gasteiger charge is -2.39. The second-order valence-corrected chi connectivity index (χ2v) is 4.94. The fraction of sp³-hybridized carbons (Fsp3) is 0.833. The van der Waals surface area contributed by atoms with Crippen molar-refractivity contribution in [2.45, 2.75) is 25.5 Å². The number of piperazine rings is 1. The lowest BCUT2D eigenvalue weighted by molar-refractivity contribution is -0.149. The molecule has 2 rings (SSSR count). The van der Waals surface area contributed by atoms with Crippen LogP contribution in [0, 0.1) is 0 Å². The number of carbonyl (C=O) groups excluding carboxylic acids is 2. The molecule has 0 saturated carbocycles. The highest BCUT2D eigenvalue weighted by atomic mass is 16.5. The number of likely N-dealkylation sites (N-methyl/N-ethyl adjacent to an activating group) is 1. The molecular weight excluding hydrogens is 234 g/mol. The van der Waals surface area contributed by atoms with Crippen LogP contribution in [0.1, 0.15) is 13.3 Å². The lowest BCUT2D eigenvalue weighted by Crippen LogP contribution is -2.60. The van der Waals surface area contributed by atoms with Crippen LogP contribution >= 0.6 is 0 Å². The van der Waals surface area contributed by atoms with Gasteiger partial charge in [-0.05, 0) is 13.5 Å². The quantitative estimate of drug-likeness (QED) is 0.706. The summed E-state index contributed by atoms with van der Waals surface area (Å²) in [5, 5.41) is 2.63. The van der Waals surface area contributed by atoms with E-state index in [9.17, 15) is 9.59 Å². The maximum Gasteiger partial charge on any atom is 0.243 e. The van der Waals surface area contributed by atoms with Crippen molar-refractivity contribution < 1.29 is 14.3 Å². The maximum atomic E-state index is 11.9. The Hall–Kier alpha value is -1.14. The molecule has 0 spiro atoms. The van der Waals surface area contributed by atoms with E-state index in [2.05, 4.69) is 10.2 Å². The summed E-state index contributed by atoms with van der Waals surface area (Å²) in [7, 11) is 2.04. The fourth-order valence-corrected chi connectivity index (χ4v) is 2.53. The van der Waals surface area contributed by atoms with Crippen molar-refractivity contribution in [3.05, 3.63) is 0 Å². The summed E-state index contributed by atoms with van der Waals surface area (Å²) in [5.74, 6) is -0.0699. The van der Waals surface area contributed by atoms with Gasteiger partial charge in [0.2, 0.25) is 11.8 Å². The zero-order valence-electron chi connectivity index (χ0n) is 11.0. The number of morpholine rings is 1. The van der Waals surface area contributed by atoms with Crippen LogP contribution in [-0.2, 0) is 14.3 Å². The first-order chi connectivity index (χ1) is 8.61. The molecule has 0 aromatic rings. The predicted molar refractivity (Wildman–Crippen MR) is 66.0 cm³/mol. The molecule has 1 N–H and O–H groups in total. The van der Waals surface area contributed by atoms with Crippen LogP contribution in [0.5, 0.6) is 0 Å². The Balaban J connectivity index is 2.00. The minimum atomic E-state index is -0.345. The van der Waals surface area contributed by atoms with Gasteiger partial charge in [-0.3, -0.25) is 9.59 Å². The summed E-state index contributed by atoms with van der Waals surface area (Å²) in [4.78, 5) is 27.5. The molecule has 2 aliphatic rings. The number of rotatable bonds is 3. The average Bonchev–Trinajstić information content (AvgIpc) is 2.34. The van der Waals surface area contributed by atoms with Crippen molar-refractivity contribution in [1.29, 1.82) is 0 Å². The number of nitrogens with zero attached hydrogens (tertiary/aromatic N) is 2. The molecule has 0 aromatic heterocycles. The zero-order valence-corrected chi connectivity index (χ0v) is 11.0. The third-order valence-electron chi connectivity index (χ3n) is 3.54. The molecule has 2 atom stereocenters. The molecule has 6 heteroatoms. The van der Waals surface area contributed by atoms with Crippen molar-refractivity contribution in [1.82, 2.24) is 15.1 Å². The van der Waals surface area contributed by atoms with Crippen LogP contribution in [-0.4, -0.2) is 73.6 Å². The third kappa shape index (κ3) is 2.81. The molecule has 2 amide bonds. The normalized spacial score (nSPS) is 30.4. The number of ether oxygens (including phenoxy) is 1. The number of hydrogen-bond donors (Lipinski definition) is 1. The van der Waals surface area contributed by atoms with Gasteiger partial charge in [0.1, 0.15) is 6.04 Å². The first-order valence-electron chi connectivity index (χ1n) is 6.49. The smallest absolute Gasteiger partial charge is 0.243 e. The van der Waals surface area contributed by atoms with E-state index in [0.29, 0.717) is 19.6 Å². The van der Waals surface area contributed by atoms with E-state index in [1.54, 1.807) is 4.90 Å². The lowest BCUT2D eigenvalue weighted by atomic mass is 10.1. The van der Waals surface area contributed by atoms with Gasteiger partial charge in [0, 0.05) is 19.6 Å². The van der Waals surface area contributed by atoms with Crippen LogP contribution in [0.25, 0.3) is 0 Å². The van der Waals surface area contributed by atoms with Gasteiger partial charge in [0.05, 0.1) is 19.3 Å². The van der Waals surface area contributed by atoms with Crippen molar-refractivity contribution >= 4 is 11.8 Å². The monoisotopic (exact) mass is 255 g/mol. The fourth-order valence-electron chi connectivity index (χ4n) is 2.53. The topological polar surface area (TPSA) is 61.9 Å². The molecule has 0 bridgehead atoms. The minimum Gasteiger partial charge on any atom is -0.374 e. The highest BCUT2D eigenvalue weighted by Crippen LogP contribution is 2.13. The molecule has 0 aromatic carbocycles. The van der Waals surface area contributed by atoms with E-state index in [1.807, 2.05) is 14.0 Å². The van der Waals surface area contributed by atoms with E-state index in [0.717, 1.165) is 13.1 Å². The Morgan fingerprint density at radius 1 is 1.44 bits per heavy atom. The Morgan fingerprint density at radius 2 is 2.22 bits per heavy atom. The molecular formula is C12H21N3O3. The number of nitrogens with one attached hydrogen (secondary N) is 1. The highest BCUT2D eigenvalue weighted by molar-refractivity contribution is 5.94. The van der Waals surface area contributed by atoms with Crippen LogP contribution in [0.2, 0.25) is 0 Å². The first-order valence-corrected chi connectivity index (χ1v) is 6.49. The molecule has 2 fully saturated rings. The van der Waals surface area contributed by atoms with E-state index in [-0.39, 0.29) is 30.5 Å². The summed E-state index contributed by atoms with van der Waals surface area (Å²) >= 11 is 0. The van der Waals surface area contributed by atoms with Crippen LogP contribution in [0.3, 0.4) is 0 Å². The molecule has 2 saturated heterocycles. The summed E-state index contributed by atoms with van der Waals surface area (Å²) in [6.45, 7) is 4.95. The summed E-state index contributed by atoms with van der Waals surface area (Å²) in [6.07, 6.45) is 0.646. The Kier molecular flexibility index (Phi) is 4.19. The van der Waals surface area contributed by atoms with Gasteiger partial charge in [-0.2, -0.15) is 0 Å². The predicted octanol–water partition coefficient (Wildman–Crippen LogP) is -0.946. The van der Waals surface area contributed by atoms with E-state index < -0.39 is 0 Å². The third-order valence-corrected chi connectivity index (χ3v) is 3.54. The summed E-state index contributed by atoms with van der Waals surface area (Å²) in [5.41, 5.74) is 0. The van der Waals surface area contributed by atoms with Gasteiger partial charge in [-0.15, -0.1) is 0 Å². The van der Waals surface area contributed by atoms with Gasteiger partial charge in [-0.1, -0.05) is 6.92 Å². The summed E-state index contributed by atoms with van der Waals surface area (Å²) < 4.78 is 5.66. The number of carbonyl (C=O) groups is 2. The van der Waals surface area contributed by atoms with Crippen LogP contribution < -0.4 is 5.32 Å². The largest absolute Gasteiger partial charge is 0.374 e. The average molecular weight is 255 g/mol. The van der Waals surface area contributed by atoms with Gasteiger partial charge < -0.3 is 19.9 Å². The molecule has 0 aliphatic carbocycles. The Morgan fingerprint density at radius 3 is 2.89 bits per heavy atom. The van der Waals surface area contributed by atoms with Crippen LogP contribution in [0.4, 0.5) is 0 Å². The number of hydrogen-bond acceptors (Lipinski definition) is 4. The summed E-state index contributed by atoms with van der Waals surface area (Å²) in [6, 6.07) is -0.345. The maximum absolute atomic E-state index is 11.9. The van der Waals surface area contributed by atoms with Gasteiger partial charge in [-0.25, -0.2) is 0 Å². The van der Waals surface area contributed by atoms with E-state index in [4.69, 9.17) is 4.74 Å². The standard InChI is InChI=1S/C12H21N3O3/c1-3-10-12(17)13-6-11(16)15(10)8-9-7-14(2)4-5-18-9/h9-10H,3-8H2,1-2H3,(H,13,17). The molecule has 2 aliphatic heterocycles. The second-order valence-electron chi connectivity index (χ2n) is 4.94. The minimum absolute atomic E-state index is 0.00708. The van der Waals surface area contributed by atoms with Crippen molar-refractivity contribution in [3.8, 4) is 0 Å². The Bertz CT molecular complexity index is 335. The number of amides is 2. The molecule has 2 heterocycles. The van der Waals surface area contributed by atoms with E-state index in [1.165, 1.54) is 0 Å². The SMILES string of the molecule is CCC1C(=O)NCC(=O)N1CC1CN(C)CCO1. The second kappa shape index (κ2) is 5.67. The van der Waals surface area contributed by atoms with Crippen LogP contribution in [0.15, 0.2) is 0 Å². The van der Waals surface area contributed by atoms with E-state index >= 15 is 0 Å². The van der Waals surface area contributed by atoms with Gasteiger partial charge >= 0.3 is 0 Å². The zero-order chi connectivity index (χ0) is 13.1. The molecule has 0 radical (unpaired) electrons. The molecule has 2 unspecified atom stereocenters. The highest BCUT2D eigenvalue weighted by Gasteiger charge is 2.35. The van der Waals surface area contributed by atoms with Gasteiger partial charge in [0.15, 0.2) is 0 Å². The molecule has 6 nitrogen and oxygen atoms in total. The van der Waals surface area contributed by atoms with Gasteiger partial charge in [0.25, 0.3) is 0 Å². The Labute approximate surface area is 107 Å².